The Hall–Kier alpha value is -1.54. The number of hydrogen-bond acceptors (Lipinski definition) is 6. The van der Waals surface area contributed by atoms with Gasteiger partial charge in [0.05, 0.1) is 27.4 Å². The van der Waals surface area contributed by atoms with Gasteiger partial charge in [-0.1, -0.05) is 35.5 Å². The summed E-state index contributed by atoms with van der Waals surface area (Å²) in [5.74, 6) is 1.28. The molecule has 1 aromatic carbocycles. The quantitative estimate of drug-likeness (QED) is 0.621. The third-order valence-electron chi connectivity index (χ3n) is 4.13. The van der Waals surface area contributed by atoms with Crippen molar-refractivity contribution in [3.8, 4) is 10.7 Å². The van der Waals surface area contributed by atoms with Gasteiger partial charge < -0.3 is 9.26 Å². The lowest BCUT2D eigenvalue weighted by Gasteiger charge is -2.36. The standard InChI is InChI=1S/C18H18BrN3O2S/c1-12-9-22(10-14(23-12)13-5-3-2-4-6-13)11-17-20-18(21-24-17)15-7-8-16(19)25-15/h2-8,12,14H,9-11H2,1H3. The van der Waals surface area contributed by atoms with E-state index in [9.17, 15) is 0 Å². The van der Waals surface area contributed by atoms with Gasteiger partial charge in [-0.2, -0.15) is 4.98 Å². The molecule has 2 atom stereocenters. The Kier molecular flexibility index (Phi) is 4.98. The molecule has 0 saturated carbocycles. The third-order valence-corrected chi connectivity index (χ3v) is 5.75. The van der Waals surface area contributed by atoms with Crippen LogP contribution in [0, 0.1) is 0 Å². The highest BCUT2D eigenvalue weighted by molar-refractivity contribution is 9.11. The van der Waals surface area contributed by atoms with E-state index >= 15 is 0 Å². The molecule has 5 nitrogen and oxygen atoms in total. The summed E-state index contributed by atoms with van der Waals surface area (Å²) in [6, 6.07) is 14.3. The summed E-state index contributed by atoms with van der Waals surface area (Å²) in [5, 5.41) is 4.11. The first-order valence-electron chi connectivity index (χ1n) is 8.18. The molecule has 0 N–H and O–H groups in total. The number of halogens is 1. The molecule has 2 aromatic heterocycles. The molecule has 1 saturated heterocycles. The second-order valence-corrected chi connectivity index (χ2v) is 8.62. The maximum atomic E-state index is 6.11. The van der Waals surface area contributed by atoms with Crippen molar-refractivity contribution in [3.63, 3.8) is 0 Å². The minimum Gasteiger partial charge on any atom is -0.368 e. The summed E-state index contributed by atoms with van der Waals surface area (Å²) < 4.78 is 12.6. The Balaban J connectivity index is 1.46. The minimum atomic E-state index is 0.0700. The zero-order valence-corrected chi connectivity index (χ0v) is 16.2. The van der Waals surface area contributed by atoms with E-state index in [1.165, 1.54) is 5.56 Å². The average molecular weight is 420 g/mol. The van der Waals surface area contributed by atoms with E-state index in [-0.39, 0.29) is 12.2 Å². The topological polar surface area (TPSA) is 51.4 Å². The van der Waals surface area contributed by atoms with Crippen LogP contribution in [0.5, 0.6) is 0 Å². The van der Waals surface area contributed by atoms with Crippen molar-refractivity contribution >= 4 is 27.3 Å². The van der Waals surface area contributed by atoms with Crippen molar-refractivity contribution < 1.29 is 9.26 Å². The van der Waals surface area contributed by atoms with Gasteiger partial charge in [0.15, 0.2) is 0 Å². The van der Waals surface area contributed by atoms with Crippen molar-refractivity contribution in [1.82, 2.24) is 15.0 Å². The summed E-state index contributed by atoms with van der Waals surface area (Å²) in [6.07, 6.45) is 0.232. The molecule has 25 heavy (non-hydrogen) atoms. The van der Waals surface area contributed by atoms with E-state index in [0.29, 0.717) is 18.3 Å². The fourth-order valence-corrected chi connectivity index (χ4v) is 4.38. The van der Waals surface area contributed by atoms with Gasteiger partial charge >= 0.3 is 0 Å². The number of aromatic nitrogens is 2. The van der Waals surface area contributed by atoms with Crippen LogP contribution < -0.4 is 0 Å². The van der Waals surface area contributed by atoms with E-state index in [0.717, 1.165) is 21.8 Å². The number of benzene rings is 1. The molecule has 3 heterocycles. The van der Waals surface area contributed by atoms with Crippen molar-refractivity contribution in [3.05, 3.63) is 57.7 Å². The van der Waals surface area contributed by atoms with Gasteiger partial charge in [0, 0.05) is 13.1 Å². The van der Waals surface area contributed by atoms with Crippen LogP contribution in [0.4, 0.5) is 0 Å². The predicted molar refractivity (Wildman–Crippen MR) is 100 cm³/mol. The van der Waals surface area contributed by atoms with E-state index in [1.54, 1.807) is 11.3 Å². The number of morpholine rings is 1. The van der Waals surface area contributed by atoms with Crippen LogP contribution in [0.25, 0.3) is 10.7 Å². The van der Waals surface area contributed by atoms with Crippen LogP contribution in [0.3, 0.4) is 0 Å². The Morgan fingerprint density at radius 1 is 1.20 bits per heavy atom. The average Bonchev–Trinajstić information content (AvgIpc) is 3.24. The molecule has 4 rings (SSSR count). The summed E-state index contributed by atoms with van der Waals surface area (Å²) >= 11 is 5.06. The summed E-state index contributed by atoms with van der Waals surface area (Å²) in [7, 11) is 0. The number of ether oxygens (including phenoxy) is 1. The van der Waals surface area contributed by atoms with E-state index in [2.05, 4.69) is 50.0 Å². The Morgan fingerprint density at radius 3 is 2.80 bits per heavy atom. The molecule has 3 aromatic rings. The Bertz CT molecular complexity index is 836. The van der Waals surface area contributed by atoms with Crippen LogP contribution in [-0.2, 0) is 11.3 Å². The Labute approximate surface area is 158 Å². The van der Waals surface area contributed by atoms with Crippen LogP contribution in [0.15, 0.2) is 50.8 Å². The highest BCUT2D eigenvalue weighted by atomic mass is 79.9. The predicted octanol–water partition coefficient (Wildman–Crippen LogP) is 4.52. The molecule has 1 aliphatic heterocycles. The fourth-order valence-electron chi connectivity index (χ4n) is 3.06. The summed E-state index contributed by atoms with van der Waals surface area (Å²) in [6.45, 7) is 4.41. The molecule has 0 amide bonds. The maximum Gasteiger partial charge on any atom is 0.241 e. The molecule has 130 valence electrons. The number of rotatable bonds is 4. The van der Waals surface area contributed by atoms with Crippen molar-refractivity contribution in [2.24, 2.45) is 0 Å². The van der Waals surface area contributed by atoms with E-state index in [4.69, 9.17) is 9.26 Å². The molecule has 1 aliphatic rings. The fraction of sp³-hybridized carbons (Fsp3) is 0.333. The van der Waals surface area contributed by atoms with E-state index < -0.39 is 0 Å². The second-order valence-electron chi connectivity index (χ2n) is 6.16. The van der Waals surface area contributed by atoms with Gasteiger partial charge in [-0.15, -0.1) is 11.3 Å². The SMILES string of the molecule is CC1CN(Cc2nc(-c3ccc(Br)s3)no2)CC(c2ccccc2)O1. The highest BCUT2D eigenvalue weighted by Gasteiger charge is 2.27. The molecule has 2 unspecified atom stereocenters. The zero-order valence-electron chi connectivity index (χ0n) is 13.8. The smallest absolute Gasteiger partial charge is 0.241 e. The normalized spacial score (nSPS) is 21.5. The van der Waals surface area contributed by atoms with Crippen molar-refractivity contribution in [2.75, 3.05) is 13.1 Å². The van der Waals surface area contributed by atoms with Gasteiger partial charge in [0.25, 0.3) is 0 Å². The zero-order chi connectivity index (χ0) is 17.2. The first-order valence-corrected chi connectivity index (χ1v) is 9.79. The first-order chi connectivity index (χ1) is 12.2. The molecule has 0 spiro atoms. The van der Waals surface area contributed by atoms with E-state index in [1.807, 2.05) is 30.3 Å². The van der Waals surface area contributed by atoms with Gasteiger partial charge in [-0.25, -0.2) is 0 Å². The number of nitrogens with zero attached hydrogens (tertiary/aromatic N) is 3. The highest BCUT2D eigenvalue weighted by Crippen LogP contribution is 2.30. The van der Waals surface area contributed by atoms with Gasteiger partial charge in [0.1, 0.15) is 0 Å². The maximum absolute atomic E-state index is 6.11. The monoisotopic (exact) mass is 419 g/mol. The van der Waals surface area contributed by atoms with Gasteiger partial charge in [0.2, 0.25) is 11.7 Å². The van der Waals surface area contributed by atoms with Crippen LogP contribution in [0.1, 0.15) is 24.5 Å². The minimum absolute atomic E-state index is 0.0700. The summed E-state index contributed by atoms with van der Waals surface area (Å²) in [5.41, 5.74) is 1.20. The molecular formula is C18H18BrN3O2S. The molecule has 1 fully saturated rings. The van der Waals surface area contributed by atoms with Crippen LogP contribution in [-0.4, -0.2) is 34.2 Å². The van der Waals surface area contributed by atoms with Gasteiger partial charge in [-0.05, 0) is 40.5 Å². The summed E-state index contributed by atoms with van der Waals surface area (Å²) in [4.78, 5) is 7.85. The molecule has 0 bridgehead atoms. The Morgan fingerprint density at radius 2 is 2.04 bits per heavy atom. The van der Waals surface area contributed by atoms with Gasteiger partial charge in [-0.3, -0.25) is 4.90 Å². The lowest BCUT2D eigenvalue weighted by molar-refractivity contribution is -0.0832. The number of thiophene rings is 1. The lowest BCUT2D eigenvalue weighted by Crippen LogP contribution is -2.42. The van der Waals surface area contributed by atoms with Crippen LogP contribution in [0.2, 0.25) is 0 Å². The molecule has 0 radical (unpaired) electrons. The van der Waals surface area contributed by atoms with Crippen LogP contribution >= 0.6 is 27.3 Å². The second kappa shape index (κ2) is 7.37. The molecule has 0 aliphatic carbocycles. The largest absolute Gasteiger partial charge is 0.368 e. The molecular weight excluding hydrogens is 402 g/mol. The molecule has 7 heteroatoms. The third kappa shape index (κ3) is 4.00. The number of hydrogen-bond donors (Lipinski definition) is 0. The lowest BCUT2D eigenvalue weighted by atomic mass is 10.1. The first kappa shape index (κ1) is 16.9. The van der Waals surface area contributed by atoms with Crippen molar-refractivity contribution in [2.45, 2.75) is 25.7 Å². The van der Waals surface area contributed by atoms with Crippen molar-refractivity contribution in [1.29, 1.82) is 0 Å².